The number of hydrogen-bond donors (Lipinski definition) is 1. The highest BCUT2D eigenvalue weighted by molar-refractivity contribution is 5.92. The van der Waals surface area contributed by atoms with Crippen molar-refractivity contribution >= 4 is 16.5 Å². The number of nitrogens with one attached hydrogen (secondary N) is 1. The molecule has 0 radical (unpaired) electrons. The van der Waals surface area contributed by atoms with E-state index < -0.39 is 0 Å². The molecule has 0 saturated carbocycles. The number of aromatic nitrogens is 2. The second-order valence-electron chi connectivity index (χ2n) is 5.01. The van der Waals surface area contributed by atoms with Crippen LogP contribution in [0.15, 0.2) is 55.1 Å². The Kier molecular flexibility index (Phi) is 3.68. The SMILES string of the molecule is CCCn1ccc(CNc2cccc3ccncc23)c1. The third kappa shape index (κ3) is 2.67. The lowest BCUT2D eigenvalue weighted by atomic mass is 10.1. The van der Waals surface area contributed by atoms with Gasteiger partial charge < -0.3 is 9.88 Å². The molecule has 0 spiro atoms. The number of benzene rings is 1. The predicted molar refractivity (Wildman–Crippen MR) is 83.8 cm³/mol. The van der Waals surface area contributed by atoms with Crippen LogP contribution in [0.4, 0.5) is 5.69 Å². The van der Waals surface area contributed by atoms with Gasteiger partial charge in [-0.05, 0) is 35.6 Å². The molecule has 1 N–H and O–H groups in total. The van der Waals surface area contributed by atoms with Crippen molar-refractivity contribution < 1.29 is 0 Å². The molecule has 0 aliphatic heterocycles. The van der Waals surface area contributed by atoms with E-state index in [4.69, 9.17) is 0 Å². The Hall–Kier alpha value is -2.29. The molecule has 0 aliphatic carbocycles. The first-order valence-corrected chi connectivity index (χ1v) is 7.08. The number of fused-ring (bicyclic) bond motifs is 1. The maximum absolute atomic E-state index is 4.21. The topological polar surface area (TPSA) is 29.9 Å². The van der Waals surface area contributed by atoms with Gasteiger partial charge in [0.05, 0.1) is 0 Å². The van der Waals surface area contributed by atoms with Crippen LogP contribution in [-0.4, -0.2) is 9.55 Å². The predicted octanol–water partition coefficient (Wildman–Crippen LogP) is 4.06. The lowest BCUT2D eigenvalue weighted by Crippen LogP contribution is -1.99. The van der Waals surface area contributed by atoms with E-state index in [1.54, 1.807) is 0 Å². The summed E-state index contributed by atoms with van der Waals surface area (Å²) >= 11 is 0. The summed E-state index contributed by atoms with van der Waals surface area (Å²) in [6.07, 6.45) is 9.26. The average Bonchev–Trinajstić information content (AvgIpc) is 2.93. The summed E-state index contributed by atoms with van der Waals surface area (Å²) in [6, 6.07) is 10.5. The zero-order chi connectivity index (χ0) is 13.8. The molecular weight excluding hydrogens is 246 g/mol. The van der Waals surface area contributed by atoms with E-state index in [0.717, 1.165) is 25.2 Å². The first kappa shape index (κ1) is 12.7. The highest BCUT2D eigenvalue weighted by Crippen LogP contribution is 2.22. The van der Waals surface area contributed by atoms with Gasteiger partial charge in [0.15, 0.2) is 0 Å². The first-order chi connectivity index (χ1) is 9.86. The van der Waals surface area contributed by atoms with Gasteiger partial charge in [0.2, 0.25) is 0 Å². The van der Waals surface area contributed by atoms with Crippen molar-refractivity contribution in [1.82, 2.24) is 9.55 Å². The highest BCUT2D eigenvalue weighted by Gasteiger charge is 2.01. The zero-order valence-corrected chi connectivity index (χ0v) is 11.7. The Morgan fingerprint density at radius 1 is 1.20 bits per heavy atom. The van der Waals surface area contributed by atoms with Gasteiger partial charge in [-0.25, -0.2) is 0 Å². The second kappa shape index (κ2) is 5.78. The van der Waals surface area contributed by atoms with E-state index in [9.17, 15) is 0 Å². The molecule has 0 saturated heterocycles. The maximum Gasteiger partial charge on any atom is 0.0438 e. The minimum absolute atomic E-state index is 0.838. The molecule has 0 bridgehead atoms. The van der Waals surface area contributed by atoms with E-state index in [1.807, 2.05) is 18.5 Å². The van der Waals surface area contributed by atoms with Gasteiger partial charge in [0.25, 0.3) is 0 Å². The van der Waals surface area contributed by atoms with Crippen molar-refractivity contribution in [3.63, 3.8) is 0 Å². The van der Waals surface area contributed by atoms with Gasteiger partial charge in [-0.2, -0.15) is 0 Å². The average molecular weight is 265 g/mol. The third-order valence-corrected chi connectivity index (χ3v) is 3.46. The van der Waals surface area contributed by atoms with Crippen LogP contribution >= 0.6 is 0 Å². The normalized spacial score (nSPS) is 10.8. The monoisotopic (exact) mass is 265 g/mol. The molecule has 1 aromatic carbocycles. The molecule has 3 nitrogen and oxygen atoms in total. The fourth-order valence-corrected chi connectivity index (χ4v) is 2.46. The smallest absolute Gasteiger partial charge is 0.0438 e. The highest BCUT2D eigenvalue weighted by atomic mass is 14.9. The van der Waals surface area contributed by atoms with Gasteiger partial charge in [-0.1, -0.05) is 19.1 Å². The Morgan fingerprint density at radius 3 is 3.05 bits per heavy atom. The summed E-state index contributed by atoms with van der Waals surface area (Å²) in [7, 11) is 0. The van der Waals surface area contributed by atoms with Crippen LogP contribution in [0, 0.1) is 0 Å². The van der Waals surface area contributed by atoms with E-state index in [0.29, 0.717) is 0 Å². The van der Waals surface area contributed by atoms with Gasteiger partial charge in [0.1, 0.15) is 0 Å². The molecule has 3 heteroatoms. The first-order valence-electron chi connectivity index (χ1n) is 7.08. The molecule has 20 heavy (non-hydrogen) atoms. The number of anilines is 1. The zero-order valence-electron chi connectivity index (χ0n) is 11.7. The van der Waals surface area contributed by atoms with Crippen LogP contribution in [0.3, 0.4) is 0 Å². The molecule has 0 aliphatic rings. The van der Waals surface area contributed by atoms with Crippen LogP contribution < -0.4 is 5.32 Å². The Labute approximate surface area is 119 Å². The number of hydrogen-bond acceptors (Lipinski definition) is 2. The van der Waals surface area contributed by atoms with Crippen LogP contribution in [0.5, 0.6) is 0 Å². The van der Waals surface area contributed by atoms with Crippen molar-refractivity contribution in [3.8, 4) is 0 Å². The Balaban J connectivity index is 1.76. The Morgan fingerprint density at radius 2 is 2.15 bits per heavy atom. The second-order valence-corrected chi connectivity index (χ2v) is 5.01. The fourth-order valence-electron chi connectivity index (χ4n) is 2.46. The van der Waals surface area contributed by atoms with Crippen LogP contribution in [0.25, 0.3) is 10.8 Å². The largest absolute Gasteiger partial charge is 0.380 e. The molecule has 0 fully saturated rings. The molecule has 0 amide bonds. The summed E-state index contributed by atoms with van der Waals surface area (Å²) < 4.78 is 2.24. The minimum Gasteiger partial charge on any atom is -0.380 e. The van der Waals surface area contributed by atoms with Gasteiger partial charge in [0, 0.05) is 49.0 Å². The quantitative estimate of drug-likeness (QED) is 0.754. The van der Waals surface area contributed by atoms with Crippen molar-refractivity contribution in [2.24, 2.45) is 0 Å². The molecule has 3 aromatic rings. The molecular formula is C17H19N3. The standard InChI is InChI=1S/C17H19N3/c1-2-9-20-10-7-14(13-20)11-19-17-5-3-4-15-6-8-18-12-16(15)17/h3-8,10,12-13,19H,2,9,11H2,1H3. The molecule has 102 valence electrons. The number of pyridine rings is 1. The number of rotatable bonds is 5. The van der Waals surface area contributed by atoms with Crippen LogP contribution in [0.1, 0.15) is 18.9 Å². The molecule has 2 aromatic heterocycles. The van der Waals surface area contributed by atoms with Gasteiger partial charge >= 0.3 is 0 Å². The van der Waals surface area contributed by atoms with Crippen molar-refractivity contribution in [3.05, 3.63) is 60.7 Å². The lowest BCUT2D eigenvalue weighted by Gasteiger charge is -2.08. The van der Waals surface area contributed by atoms with Crippen molar-refractivity contribution in [1.29, 1.82) is 0 Å². The van der Waals surface area contributed by atoms with Crippen molar-refractivity contribution in [2.75, 3.05) is 5.32 Å². The van der Waals surface area contributed by atoms with E-state index >= 15 is 0 Å². The van der Waals surface area contributed by atoms with Crippen LogP contribution in [0.2, 0.25) is 0 Å². The maximum atomic E-state index is 4.21. The van der Waals surface area contributed by atoms with Crippen LogP contribution in [-0.2, 0) is 13.1 Å². The number of nitrogens with zero attached hydrogens (tertiary/aromatic N) is 2. The summed E-state index contributed by atoms with van der Waals surface area (Å²) in [6.45, 7) is 4.12. The molecule has 0 atom stereocenters. The van der Waals surface area contributed by atoms with Gasteiger partial charge in [-0.15, -0.1) is 0 Å². The summed E-state index contributed by atoms with van der Waals surface area (Å²) in [5.74, 6) is 0. The molecule has 0 unspecified atom stereocenters. The molecule has 3 rings (SSSR count). The van der Waals surface area contributed by atoms with Gasteiger partial charge in [-0.3, -0.25) is 4.98 Å². The van der Waals surface area contributed by atoms with E-state index in [-0.39, 0.29) is 0 Å². The summed E-state index contributed by atoms with van der Waals surface area (Å²) in [4.78, 5) is 4.21. The van der Waals surface area contributed by atoms with E-state index in [2.05, 4.69) is 58.5 Å². The summed E-state index contributed by atoms with van der Waals surface area (Å²) in [5, 5.41) is 5.89. The van der Waals surface area contributed by atoms with Crippen molar-refractivity contribution in [2.45, 2.75) is 26.4 Å². The lowest BCUT2D eigenvalue weighted by molar-refractivity contribution is 0.682. The Bertz CT molecular complexity index is 695. The third-order valence-electron chi connectivity index (χ3n) is 3.46. The minimum atomic E-state index is 0.838. The molecule has 2 heterocycles. The fraction of sp³-hybridized carbons (Fsp3) is 0.235. The summed E-state index contributed by atoms with van der Waals surface area (Å²) in [5.41, 5.74) is 2.44. The number of aryl methyl sites for hydroxylation is 1. The van der Waals surface area contributed by atoms with E-state index in [1.165, 1.54) is 16.3 Å².